The van der Waals surface area contributed by atoms with E-state index in [2.05, 4.69) is 14.9 Å². The molecule has 1 heterocycles. The van der Waals surface area contributed by atoms with E-state index in [1.807, 2.05) is 20.8 Å². The summed E-state index contributed by atoms with van der Waals surface area (Å²) in [6.07, 6.45) is 1.06. The minimum atomic E-state index is -4.19. The molecule has 0 aromatic heterocycles. The molecule has 0 spiro atoms. The van der Waals surface area contributed by atoms with Crippen LogP contribution in [-0.4, -0.2) is 61.7 Å². The number of imide groups is 1. The summed E-state index contributed by atoms with van der Waals surface area (Å²) < 4.78 is 32.9. The van der Waals surface area contributed by atoms with Gasteiger partial charge in [-0.05, 0) is 24.3 Å². The van der Waals surface area contributed by atoms with E-state index in [1.54, 1.807) is 30.3 Å². The van der Waals surface area contributed by atoms with Crippen molar-refractivity contribution >= 4 is 33.9 Å². The molecule has 35 heavy (non-hydrogen) atoms. The second-order valence-electron chi connectivity index (χ2n) is 9.00. The molecule has 2 atom stereocenters. The average molecular weight is 512 g/mol. The molecule has 0 radical (unpaired) electrons. The lowest BCUT2D eigenvalue weighted by Crippen LogP contribution is -2.60. The second kappa shape index (κ2) is 12.1. The summed E-state index contributed by atoms with van der Waals surface area (Å²) in [6.45, 7) is 5.85. The van der Waals surface area contributed by atoms with E-state index in [-0.39, 0.29) is 30.4 Å². The number of hydrogen-bond acceptors (Lipinski definition) is 8. The lowest BCUT2D eigenvalue weighted by atomic mass is 9.88. The van der Waals surface area contributed by atoms with Crippen molar-refractivity contribution in [3.63, 3.8) is 0 Å². The molecule has 0 bridgehead atoms. The van der Waals surface area contributed by atoms with Crippen LogP contribution < -0.4 is 10.6 Å². The first-order valence-corrected chi connectivity index (χ1v) is 13.2. The van der Waals surface area contributed by atoms with Gasteiger partial charge >= 0.3 is 6.09 Å². The fourth-order valence-corrected chi connectivity index (χ4v) is 4.09. The number of hydroxylamine groups is 2. The van der Waals surface area contributed by atoms with Crippen molar-refractivity contribution in [1.29, 1.82) is 0 Å². The fourth-order valence-electron chi connectivity index (χ4n) is 3.67. The number of rotatable bonds is 12. The van der Waals surface area contributed by atoms with Crippen molar-refractivity contribution in [2.45, 2.75) is 64.5 Å². The largest absolute Gasteiger partial charge is 0.450 e. The summed E-state index contributed by atoms with van der Waals surface area (Å²) in [5, 5.41) is 5.32. The monoisotopic (exact) mass is 511 g/mol. The Bertz CT molecular complexity index is 1030. The minimum Gasteiger partial charge on any atom is -0.450 e. The highest BCUT2D eigenvalue weighted by Crippen LogP contribution is 2.30. The van der Waals surface area contributed by atoms with Crippen molar-refractivity contribution in [3.05, 3.63) is 35.9 Å². The van der Waals surface area contributed by atoms with E-state index >= 15 is 0 Å². The summed E-state index contributed by atoms with van der Waals surface area (Å²) in [7, 11) is -4.19. The Labute approximate surface area is 205 Å². The summed E-state index contributed by atoms with van der Waals surface area (Å²) in [4.78, 5) is 51.4. The Morgan fingerprint density at radius 2 is 1.83 bits per heavy atom. The topological polar surface area (TPSA) is 148 Å². The highest BCUT2D eigenvalue weighted by atomic mass is 32.2. The van der Waals surface area contributed by atoms with Crippen LogP contribution in [0.15, 0.2) is 30.3 Å². The van der Waals surface area contributed by atoms with Gasteiger partial charge in [0.2, 0.25) is 5.91 Å². The Balaban J connectivity index is 2.33. The van der Waals surface area contributed by atoms with Gasteiger partial charge in [-0.1, -0.05) is 57.5 Å². The van der Waals surface area contributed by atoms with E-state index in [0.717, 1.165) is 6.42 Å². The third-order valence-corrected chi connectivity index (χ3v) is 5.66. The number of hydrogen-bond donors (Lipinski definition) is 2. The predicted octanol–water partition coefficient (Wildman–Crippen LogP) is 1.68. The summed E-state index contributed by atoms with van der Waals surface area (Å²) in [5.41, 5.74) is -1.18. The predicted molar refractivity (Wildman–Crippen MR) is 126 cm³/mol. The van der Waals surface area contributed by atoms with Gasteiger partial charge in [-0.25, -0.2) is 4.79 Å². The number of benzene rings is 1. The van der Waals surface area contributed by atoms with Gasteiger partial charge in [0, 0.05) is 6.42 Å². The van der Waals surface area contributed by atoms with Crippen LogP contribution in [0.5, 0.6) is 0 Å². The Morgan fingerprint density at radius 3 is 2.40 bits per heavy atom. The van der Waals surface area contributed by atoms with Crippen molar-refractivity contribution in [1.82, 2.24) is 15.7 Å². The molecular weight excluding hydrogens is 478 g/mol. The molecule has 12 heteroatoms. The molecule has 1 saturated heterocycles. The van der Waals surface area contributed by atoms with Crippen molar-refractivity contribution < 1.29 is 36.6 Å². The molecular formula is C23H33N3O8S. The van der Waals surface area contributed by atoms with E-state index in [0.29, 0.717) is 18.2 Å². The molecule has 1 fully saturated rings. The van der Waals surface area contributed by atoms with Crippen LogP contribution in [0.3, 0.4) is 0 Å². The van der Waals surface area contributed by atoms with Crippen molar-refractivity contribution in [2.24, 2.45) is 5.92 Å². The standard InChI is InChI=1S/C23H33N3O8S/c1-5-6-12-33-22(30)24-18(13-16(2)3)20(28)25-23(14-17-10-8-7-9-11-17)15-19(27)26(21(23)29)34-35(4,31)32/h7-11,16,18H,5-6,12-15H2,1-4H3,(H,24,30)(H,25,28)/t18-,23+/m0/s1. The number of carbonyl (C=O) groups is 4. The molecule has 0 saturated carbocycles. The molecule has 1 aliphatic rings. The number of carbonyl (C=O) groups excluding carboxylic acids is 4. The van der Waals surface area contributed by atoms with Crippen LogP contribution in [0, 0.1) is 5.92 Å². The molecule has 4 amide bonds. The van der Waals surface area contributed by atoms with Gasteiger partial charge in [-0.3, -0.25) is 14.4 Å². The highest BCUT2D eigenvalue weighted by Gasteiger charge is 2.55. The third-order valence-electron chi connectivity index (χ3n) is 5.24. The molecule has 1 aromatic carbocycles. The first kappa shape index (κ1) is 28.2. The quantitative estimate of drug-likeness (QED) is 0.318. The maximum absolute atomic E-state index is 13.3. The number of unbranched alkanes of at least 4 members (excludes halogenated alkanes) is 1. The minimum absolute atomic E-state index is 0.00209. The van der Waals surface area contributed by atoms with Crippen LogP contribution in [0.25, 0.3) is 0 Å². The number of alkyl carbamates (subject to hydrolysis) is 1. The molecule has 2 rings (SSSR count). The molecule has 0 aliphatic carbocycles. The number of ether oxygens (including phenoxy) is 1. The molecule has 2 N–H and O–H groups in total. The smallest absolute Gasteiger partial charge is 0.407 e. The number of amides is 4. The lowest BCUT2D eigenvalue weighted by Gasteiger charge is -2.30. The highest BCUT2D eigenvalue weighted by molar-refractivity contribution is 7.85. The Kier molecular flexibility index (Phi) is 9.78. The van der Waals surface area contributed by atoms with Crippen molar-refractivity contribution in [2.75, 3.05) is 12.9 Å². The van der Waals surface area contributed by atoms with Gasteiger partial charge in [0.15, 0.2) is 0 Å². The zero-order valence-corrected chi connectivity index (χ0v) is 21.2. The first-order valence-electron chi connectivity index (χ1n) is 11.4. The summed E-state index contributed by atoms with van der Waals surface area (Å²) in [5.74, 6) is -2.63. The molecule has 11 nitrogen and oxygen atoms in total. The molecule has 0 unspecified atom stereocenters. The number of nitrogens with zero attached hydrogens (tertiary/aromatic N) is 1. The van der Waals surface area contributed by atoms with Gasteiger partial charge < -0.3 is 15.4 Å². The molecule has 1 aromatic rings. The van der Waals surface area contributed by atoms with Crippen LogP contribution in [0.2, 0.25) is 0 Å². The van der Waals surface area contributed by atoms with Crippen LogP contribution in [0.1, 0.15) is 52.0 Å². The normalized spacial score (nSPS) is 19.1. The first-order chi connectivity index (χ1) is 16.4. The zero-order chi connectivity index (χ0) is 26.2. The summed E-state index contributed by atoms with van der Waals surface area (Å²) in [6, 6.07) is 7.59. The van der Waals surface area contributed by atoms with Crippen LogP contribution in [-0.2, 0) is 39.9 Å². The maximum atomic E-state index is 13.3. The Hall–Kier alpha value is -2.99. The lowest BCUT2D eigenvalue weighted by molar-refractivity contribution is -0.166. The average Bonchev–Trinajstić information content (AvgIpc) is 2.96. The van der Waals surface area contributed by atoms with E-state index in [4.69, 9.17) is 4.74 Å². The van der Waals surface area contributed by atoms with E-state index in [9.17, 15) is 27.6 Å². The van der Waals surface area contributed by atoms with Crippen LogP contribution >= 0.6 is 0 Å². The second-order valence-corrected chi connectivity index (χ2v) is 10.6. The fraction of sp³-hybridized carbons (Fsp3) is 0.565. The zero-order valence-electron chi connectivity index (χ0n) is 20.4. The summed E-state index contributed by atoms with van der Waals surface area (Å²) >= 11 is 0. The Morgan fingerprint density at radius 1 is 1.17 bits per heavy atom. The van der Waals surface area contributed by atoms with Gasteiger partial charge in [0.1, 0.15) is 11.6 Å². The van der Waals surface area contributed by atoms with E-state index in [1.165, 1.54) is 0 Å². The molecule has 1 aliphatic heterocycles. The van der Waals surface area contributed by atoms with Gasteiger partial charge in [-0.2, -0.15) is 8.42 Å². The van der Waals surface area contributed by atoms with E-state index < -0.39 is 51.9 Å². The maximum Gasteiger partial charge on any atom is 0.407 e. The number of nitrogens with one attached hydrogen (secondary N) is 2. The SMILES string of the molecule is CCCCOC(=O)N[C@@H](CC(C)C)C(=O)N[C@]1(Cc2ccccc2)CC(=O)N(OS(C)(=O)=O)C1=O. The van der Waals surface area contributed by atoms with Crippen LogP contribution in [0.4, 0.5) is 4.79 Å². The molecule has 194 valence electrons. The third kappa shape index (κ3) is 8.32. The van der Waals surface area contributed by atoms with Crippen molar-refractivity contribution in [3.8, 4) is 0 Å². The van der Waals surface area contributed by atoms with Gasteiger partial charge in [0.25, 0.3) is 21.9 Å². The van der Waals surface area contributed by atoms with Gasteiger partial charge in [0.05, 0.1) is 19.3 Å². The van der Waals surface area contributed by atoms with Gasteiger partial charge in [-0.15, -0.1) is 9.35 Å².